The fourth-order valence-electron chi connectivity index (χ4n) is 4.44. The number of benzene rings is 1. The van der Waals surface area contributed by atoms with Crippen LogP contribution in [-0.2, 0) is 4.74 Å². The van der Waals surface area contributed by atoms with Crippen molar-refractivity contribution >= 4 is 16.7 Å². The van der Waals surface area contributed by atoms with E-state index in [-0.39, 0.29) is 0 Å². The van der Waals surface area contributed by atoms with E-state index in [4.69, 9.17) is 15.7 Å². The van der Waals surface area contributed by atoms with Gasteiger partial charge in [-0.1, -0.05) is 19.3 Å². The number of hydrogen-bond donors (Lipinski definition) is 1. The molecule has 1 aromatic heterocycles. The Morgan fingerprint density at radius 3 is 2.69 bits per heavy atom. The van der Waals surface area contributed by atoms with Crippen molar-refractivity contribution in [1.29, 1.82) is 5.26 Å². The summed E-state index contributed by atoms with van der Waals surface area (Å²) in [6, 6.07) is 8.87. The number of rotatable bonds is 1. The van der Waals surface area contributed by atoms with Crippen LogP contribution in [0, 0.1) is 11.3 Å². The van der Waals surface area contributed by atoms with Gasteiger partial charge in [-0.2, -0.15) is 5.26 Å². The molecule has 1 aliphatic carbocycles. The van der Waals surface area contributed by atoms with Crippen molar-refractivity contribution in [2.24, 2.45) is 0 Å². The van der Waals surface area contributed by atoms with Gasteiger partial charge < -0.3 is 10.5 Å². The summed E-state index contributed by atoms with van der Waals surface area (Å²) >= 11 is 0. The Labute approximate surface area is 154 Å². The number of fused-ring (bicyclic) bond motifs is 3. The number of likely N-dealkylation sites (tertiary alicyclic amines) is 1. The van der Waals surface area contributed by atoms with E-state index in [1.54, 1.807) is 18.2 Å². The summed E-state index contributed by atoms with van der Waals surface area (Å²) in [4.78, 5) is 10.6. The topological polar surface area (TPSA) is 88.1 Å². The van der Waals surface area contributed by atoms with E-state index in [0.717, 1.165) is 29.6 Å². The lowest BCUT2D eigenvalue weighted by molar-refractivity contribution is 0.00392. The molecular weight excluding hydrogens is 326 g/mol. The van der Waals surface area contributed by atoms with Crippen LogP contribution in [0.1, 0.15) is 44.1 Å². The average molecular weight is 351 g/mol. The van der Waals surface area contributed by atoms with Crippen LogP contribution >= 0.6 is 0 Å². The van der Waals surface area contributed by atoms with Crippen LogP contribution in [0.2, 0.25) is 0 Å². The molecule has 6 heteroatoms. The van der Waals surface area contributed by atoms with Crippen molar-refractivity contribution < 1.29 is 4.74 Å². The second-order valence-corrected chi connectivity index (χ2v) is 7.44. The average Bonchev–Trinajstić information content (AvgIpc) is 3.33. The van der Waals surface area contributed by atoms with Gasteiger partial charge in [-0.3, -0.25) is 4.90 Å². The quantitative estimate of drug-likeness (QED) is 0.850. The molecule has 1 aromatic carbocycles. The number of aromatic nitrogens is 2. The number of nitrogens with zero attached hydrogens (tertiary/aromatic N) is 4. The Kier molecular flexibility index (Phi) is 5.00. The van der Waals surface area contributed by atoms with E-state index in [1.807, 2.05) is 6.07 Å². The van der Waals surface area contributed by atoms with Crippen molar-refractivity contribution in [2.75, 3.05) is 18.9 Å². The SMILES string of the molecule is C1CCC(N2C[C@@H]3C[C@H]2CO3)CC1.N#Cc1ccc2ncnc(N)c2c1. The predicted octanol–water partition coefficient (Wildman–Crippen LogP) is 2.88. The van der Waals surface area contributed by atoms with Crippen molar-refractivity contribution in [3.05, 3.63) is 30.1 Å². The molecule has 2 bridgehead atoms. The molecule has 26 heavy (non-hydrogen) atoms. The maximum Gasteiger partial charge on any atom is 0.134 e. The third kappa shape index (κ3) is 3.50. The smallest absolute Gasteiger partial charge is 0.134 e. The zero-order chi connectivity index (χ0) is 17.9. The Balaban J connectivity index is 0.000000129. The highest BCUT2D eigenvalue weighted by atomic mass is 16.5. The first-order valence-electron chi connectivity index (χ1n) is 9.52. The van der Waals surface area contributed by atoms with Crippen molar-refractivity contribution in [1.82, 2.24) is 14.9 Å². The summed E-state index contributed by atoms with van der Waals surface area (Å²) in [6.07, 6.45) is 10.6. The molecule has 3 heterocycles. The van der Waals surface area contributed by atoms with E-state index < -0.39 is 0 Å². The number of ether oxygens (including phenoxy) is 1. The minimum atomic E-state index is 0.405. The molecule has 2 aromatic rings. The maximum atomic E-state index is 8.66. The monoisotopic (exact) mass is 351 g/mol. The van der Waals surface area contributed by atoms with Crippen LogP contribution in [0.25, 0.3) is 10.9 Å². The van der Waals surface area contributed by atoms with E-state index in [2.05, 4.69) is 14.9 Å². The highest BCUT2D eigenvalue weighted by molar-refractivity contribution is 5.88. The fourth-order valence-corrected chi connectivity index (χ4v) is 4.44. The fraction of sp³-hybridized carbons (Fsp3) is 0.550. The van der Waals surface area contributed by atoms with Crippen molar-refractivity contribution in [3.8, 4) is 6.07 Å². The van der Waals surface area contributed by atoms with Gasteiger partial charge in [-0.05, 0) is 37.5 Å². The number of nitriles is 1. The van der Waals surface area contributed by atoms with Gasteiger partial charge in [0.05, 0.1) is 29.9 Å². The Bertz CT molecular complexity index is 811. The van der Waals surface area contributed by atoms with Gasteiger partial charge in [0, 0.05) is 24.0 Å². The summed E-state index contributed by atoms with van der Waals surface area (Å²) in [7, 11) is 0. The van der Waals surface area contributed by atoms with Gasteiger partial charge >= 0.3 is 0 Å². The number of nitrogen functional groups attached to an aromatic ring is 1. The molecule has 2 N–H and O–H groups in total. The summed E-state index contributed by atoms with van der Waals surface area (Å²) in [6.45, 7) is 2.25. The predicted molar refractivity (Wildman–Crippen MR) is 100 cm³/mol. The molecule has 2 atom stereocenters. The molecule has 0 amide bonds. The van der Waals surface area contributed by atoms with E-state index in [1.165, 1.54) is 51.4 Å². The minimum absolute atomic E-state index is 0.405. The lowest BCUT2D eigenvalue weighted by Gasteiger charge is -2.36. The van der Waals surface area contributed by atoms with Crippen LogP contribution in [-0.4, -0.2) is 46.2 Å². The number of hydrogen-bond acceptors (Lipinski definition) is 6. The molecule has 3 aliphatic rings. The molecule has 2 saturated heterocycles. The van der Waals surface area contributed by atoms with Crippen LogP contribution in [0.3, 0.4) is 0 Å². The standard InChI is InChI=1S/C11H19NO.C9H6N4/c1-2-4-9(5-3-1)12-7-11-6-10(12)8-13-11;10-4-6-1-2-8-7(3-6)9(11)13-5-12-8/h9-11H,1-8H2;1-3,5H,(H2,11,12,13)/t10-,11-;/m0./s1. The third-order valence-corrected chi connectivity index (χ3v) is 5.78. The summed E-state index contributed by atoms with van der Waals surface area (Å²) in [5.74, 6) is 0.405. The van der Waals surface area contributed by atoms with Gasteiger partial charge in [0.25, 0.3) is 0 Å². The Morgan fingerprint density at radius 2 is 2.00 bits per heavy atom. The largest absolute Gasteiger partial charge is 0.383 e. The third-order valence-electron chi connectivity index (χ3n) is 5.78. The highest BCUT2D eigenvalue weighted by Crippen LogP contribution is 2.34. The Hall–Kier alpha value is -2.23. The number of anilines is 1. The van der Waals surface area contributed by atoms with Gasteiger partial charge in [-0.15, -0.1) is 0 Å². The van der Waals surface area contributed by atoms with Crippen LogP contribution in [0.4, 0.5) is 5.82 Å². The first kappa shape index (κ1) is 17.2. The molecule has 2 aliphatic heterocycles. The van der Waals surface area contributed by atoms with Gasteiger partial charge in [0.2, 0.25) is 0 Å². The normalized spacial score (nSPS) is 25.7. The summed E-state index contributed by atoms with van der Waals surface area (Å²) < 4.78 is 5.63. The Morgan fingerprint density at radius 1 is 1.15 bits per heavy atom. The second-order valence-electron chi connectivity index (χ2n) is 7.44. The molecule has 0 radical (unpaired) electrons. The molecular formula is C20H25N5O. The summed E-state index contributed by atoms with van der Waals surface area (Å²) in [5, 5.41) is 9.38. The molecule has 5 rings (SSSR count). The molecule has 0 spiro atoms. The first-order valence-corrected chi connectivity index (χ1v) is 9.52. The van der Waals surface area contributed by atoms with Crippen LogP contribution in [0.5, 0.6) is 0 Å². The molecule has 1 saturated carbocycles. The van der Waals surface area contributed by atoms with Gasteiger partial charge in [0.15, 0.2) is 0 Å². The van der Waals surface area contributed by atoms with Crippen LogP contribution in [0.15, 0.2) is 24.5 Å². The van der Waals surface area contributed by atoms with E-state index >= 15 is 0 Å². The van der Waals surface area contributed by atoms with Crippen LogP contribution < -0.4 is 5.73 Å². The molecule has 3 fully saturated rings. The zero-order valence-electron chi connectivity index (χ0n) is 15.0. The van der Waals surface area contributed by atoms with E-state index in [0.29, 0.717) is 17.5 Å². The lowest BCUT2D eigenvalue weighted by Crippen LogP contribution is -2.44. The molecule has 6 nitrogen and oxygen atoms in total. The first-order chi connectivity index (χ1) is 12.7. The number of morpholine rings is 1. The van der Waals surface area contributed by atoms with Crippen molar-refractivity contribution in [3.63, 3.8) is 0 Å². The van der Waals surface area contributed by atoms with E-state index in [9.17, 15) is 0 Å². The second kappa shape index (κ2) is 7.56. The van der Waals surface area contributed by atoms with Crippen molar-refractivity contribution in [2.45, 2.75) is 56.7 Å². The zero-order valence-corrected chi connectivity index (χ0v) is 15.0. The summed E-state index contributed by atoms with van der Waals surface area (Å²) in [5.41, 5.74) is 6.94. The number of nitrogens with two attached hydrogens (primary N) is 1. The lowest BCUT2D eigenvalue weighted by atomic mass is 9.94. The molecule has 136 valence electrons. The minimum Gasteiger partial charge on any atom is -0.383 e. The highest BCUT2D eigenvalue weighted by Gasteiger charge is 2.41. The van der Waals surface area contributed by atoms with Gasteiger partial charge in [-0.25, -0.2) is 9.97 Å². The maximum absolute atomic E-state index is 8.66. The molecule has 0 unspecified atom stereocenters. The van der Waals surface area contributed by atoms with Gasteiger partial charge in [0.1, 0.15) is 12.1 Å².